The third-order valence-corrected chi connectivity index (χ3v) is 2.80. The van der Waals surface area contributed by atoms with Crippen LogP contribution in [0.25, 0.3) is 0 Å². The Kier molecular flexibility index (Phi) is 5.42. The normalized spacial score (nSPS) is 12.6. The number of thiol groups is 1. The third-order valence-electron chi connectivity index (χ3n) is 2.54. The predicted molar refractivity (Wildman–Crippen MR) is 77.4 cm³/mol. The van der Waals surface area contributed by atoms with Crippen molar-refractivity contribution < 1.29 is 14.3 Å². The van der Waals surface area contributed by atoms with Gasteiger partial charge < -0.3 is 10.1 Å². The zero-order valence-corrected chi connectivity index (χ0v) is 12.2. The van der Waals surface area contributed by atoms with Crippen LogP contribution in [0.5, 0.6) is 0 Å². The summed E-state index contributed by atoms with van der Waals surface area (Å²) in [5.41, 5.74) is 0.495. The molecule has 104 valence electrons. The maximum atomic E-state index is 12.1. The largest absolute Gasteiger partial charge is 0.464 e. The number of hydrogen-bond acceptors (Lipinski definition) is 4. The third kappa shape index (κ3) is 4.59. The number of rotatable bonds is 5. The zero-order valence-electron chi connectivity index (χ0n) is 11.3. The van der Waals surface area contributed by atoms with Gasteiger partial charge in [0.2, 0.25) is 0 Å². The smallest absolute Gasteiger partial charge is 0.330 e. The summed E-state index contributed by atoms with van der Waals surface area (Å²) >= 11 is 4.35. The van der Waals surface area contributed by atoms with Gasteiger partial charge in [-0.2, -0.15) is 12.6 Å². The van der Waals surface area contributed by atoms with Crippen molar-refractivity contribution in [3.8, 4) is 0 Å². The number of ether oxygens (including phenoxy) is 1. The standard InChI is InChI=1S/C14H19NO3S/c1-4-18-13(17)11(14(2,3)19)15-12(16)10-8-6-5-7-9-10/h5-9,11,19H,4H2,1-3H3,(H,15,16)/t11-/m1/s1. The van der Waals surface area contributed by atoms with E-state index in [2.05, 4.69) is 17.9 Å². The van der Waals surface area contributed by atoms with Crippen LogP contribution >= 0.6 is 12.6 Å². The Balaban J connectivity index is 2.84. The van der Waals surface area contributed by atoms with Crippen molar-refractivity contribution in [3.63, 3.8) is 0 Å². The van der Waals surface area contributed by atoms with Crippen LogP contribution in [-0.2, 0) is 9.53 Å². The second-order valence-electron chi connectivity index (χ2n) is 4.68. The molecule has 0 saturated heterocycles. The van der Waals surface area contributed by atoms with Crippen LogP contribution in [0.3, 0.4) is 0 Å². The summed E-state index contributed by atoms with van der Waals surface area (Å²) in [5, 5.41) is 2.67. The highest BCUT2D eigenvalue weighted by Crippen LogP contribution is 2.19. The number of benzene rings is 1. The molecule has 1 rings (SSSR count). The van der Waals surface area contributed by atoms with Crippen molar-refractivity contribution in [2.45, 2.75) is 31.6 Å². The number of hydrogen-bond donors (Lipinski definition) is 2. The van der Waals surface area contributed by atoms with Crippen LogP contribution in [0.2, 0.25) is 0 Å². The van der Waals surface area contributed by atoms with E-state index in [-0.39, 0.29) is 12.5 Å². The maximum Gasteiger partial charge on any atom is 0.330 e. The molecule has 4 nitrogen and oxygen atoms in total. The molecular formula is C14H19NO3S. The van der Waals surface area contributed by atoms with Crippen LogP contribution in [0, 0.1) is 0 Å². The molecule has 0 fully saturated rings. The molecule has 1 atom stereocenters. The van der Waals surface area contributed by atoms with Crippen LogP contribution in [0.15, 0.2) is 30.3 Å². The number of carbonyl (C=O) groups excluding carboxylic acids is 2. The lowest BCUT2D eigenvalue weighted by molar-refractivity contribution is -0.146. The van der Waals surface area contributed by atoms with Gasteiger partial charge in [-0.3, -0.25) is 4.79 Å². The first kappa shape index (κ1) is 15.6. The highest BCUT2D eigenvalue weighted by atomic mass is 32.1. The quantitative estimate of drug-likeness (QED) is 0.641. The van der Waals surface area contributed by atoms with E-state index in [1.807, 2.05) is 6.07 Å². The fraction of sp³-hybridized carbons (Fsp3) is 0.429. The molecule has 0 aliphatic heterocycles. The molecular weight excluding hydrogens is 262 g/mol. The number of nitrogens with one attached hydrogen (secondary N) is 1. The van der Waals surface area contributed by atoms with Crippen LogP contribution in [0.1, 0.15) is 31.1 Å². The van der Waals surface area contributed by atoms with Gasteiger partial charge in [-0.15, -0.1) is 0 Å². The number of amides is 1. The highest BCUT2D eigenvalue weighted by Gasteiger charge is 2.35. The molecule has 0 unspecified atom stereocenters. The van der Waals surface area contributed by atoms with Gasteiger partial charge in [0.1, 0.15) is 6.04 Å². The molecule has 1 aromatic carbocycles. The Morgan fingerprint density at radius 3 is 2.37 bits per heavy atom. The van der Waals surface area contributed by atoms with Gasteiger partial charge in [-0.25, -0.2) is 4.79 Å². The fourth-order valence-corrected chi connectivity index (χ4v) is 1.72. The van der Waals surface area contributed by atoms with Crippen molar-refractivity contribution >= 4 is 24.5 Å². The van der Waals surface area contributed by atoms with E-state index in [9.17, 15) is 9.59 Å². The average molecular weight is 281 g/mol. The zero-order chi connectivity index (χ0) is 14.5. The second-order valence-corrected chi connectivity index (χ2v) is 5.83. The van der Waals surface area contributed by atoms with Gasteiger partial charge in [0.25, 0.3) is 5.91 Å². The number of esters is 1. The van der Waals surface area contributed by atoms with E-state index in [0.717, 1.165) is 0 Å². The lowest BCUT2D eigenvalue weighted by Gasteiger charge is -2.28. The van der Waals surface area contributed by atoms with Crippen molar-refractivity contribution in [3.05, 3.63) is 35.9 Å². The minimum atomic E-state index is -0.802. The molecule has 1 N–H and O–H groups in total. The minimum Gasteiger partial charge on any atom is -0.464 e. The van der Waals surface area contributed by atoms with Crippen LogP contribution in [0.4, 0.5) is 0 Å². The average Bonchev–Trinajstić information content (AvgIpc) is 2.35. The Bertz CT molecular complexity index is 440. The molecule has 0 saturated carbocycles. The van der Waals surface area contributed by atoms with Crippen molar-refractivity contribution in [1.82, 2.24) is 5.32 Å². The summed E-state index contributed by atoms with van der Waals surface area (Å²) in [4.78, 5) is 23.9. The molecule has 5 heteroatoms. The summed E-state index contributed by atoms with van der Waals surface area (Å²) in [5.74, 6) is -0.799. The molecule has 0 aromatic heterocycles. The Morgan fingerprint density at radius 1 is 1.32 bits per heavy atom. The first-order chi connectivity index (χ1) is 8.86. The van der Waals surface area contributed by atoms with Gasteiger partial charge in [0, 0.05) is 10.3 Å². The molecule has 0 aliphatic rings. The summed E-state index contributed by atoms with van der Waals surface area (Å²) in [6, 6.07) is 7.91. The summed E-state index contributed by atoms with van der Waals surface area (Å²) in [7, 11) is 0. The molecule has 0 radical (unpaired) electrons. The van der Waals surface area contributed by atoms with Crippen LogP contribution < -0.4 is 5.32 Å². The first-order valence-electron chi connectivity index (χ1n) is 6.11. The topological polar surface area (TPSA) is 55.4 Å². The number of carbonyl (C=O) groups is 2. The molecule has 0 heterocycles. The SMILES string of the molecule is CCOC(=O)[C@@H](NC(=O)c1ccccc1)C(C)(C)S. The van der Waals surface area contributed by atoms with Gasteiger partial charge in [0.15, 0.2) is 0 Å². The molecule has 1 aromatic rings. The Labute approximate surface area is 118 Å². The van der Waals surface area contributed by atoms with Crippen LogP contribution in [-0.4, -0.2) is 29.3 Å². The molecule has 0 bridgehead atoms. The van der Waals surface area contributed by atoms with E-state index in [4.69, 9.17) is 4.74 Å². The Morgan fingerprint density at radius 2 is 1.89 bits per heavy atom. The Hall–Kier alpha value is -1.49. The lowest BCUT2D eigenvalue weighted by Crippen LogP contribution is -2.52. The van der Waals surface area contributed by atoms with Gasteiger partial charge >= 0.3 is 5.97 Å². The lowest BCUT2D eigenvalue weighted by atomic mass is 10.0. The van der Waals surface area contributed by atoms with E-state index in [1.165, 1.54) is 0 Å². The van der Waals surface area contributed by atoms with Crippen molar-refractivity contribution in [2.75, 3.05) is 6.61 Å². The van der Waals surface area contributed by atoms with Crippen molar-refractivity contribution in [2.24, 2.45) is 0 Å². The summed E-state index contributed by atoms with van der Waals surface area (Å²) in [6.07, 6.45) is 0. The van der Waals surface area contributed by atoms with Gasteiger partial charge in [0.05, 0.1) is 6.61 Å². The van der Waals surface area contributed by atoms with Gasteiger partial charge in [-0.1, -0.05) is 18.2 Å². The highest BCUT2D eigenvalue weighted by molar-refractivity contribution is 7.81. The van der Waals surface area contributed by atoms with Gasteiger partial charge in [-0.05, 0) is 32.9 Å². The van der Waals surface area contributed by atoms with Crippen molar-refractivity contribution in [1.29, 1.82) is 0 Å². The van der Waals surface area contributed by atoms with E-state index in [0.29, 0.717) is 5.56 Å². The molecule has 19 heavy (non-hydrogen) atoms. The maximum absolute atomic E-state index is 12.1. The first-order valence-corrected chi connectivity index (χ1v) is 6.56. The fourth-order valence-electron chi connectivity index (χ4n) is 1.55. The monoisotopic (exact) mass is 281 g/mol. The molecule has 0 aliphatic carbocycles. The summed E-state index contributed by atoms with van der Waals surface area (Å²) < 4.78 is 4.25. The van der Waals surface area contributed by atoms with E-state index < -0.39 is 16.8 Å². The molecule has 1 amide bonds. The molecule has 0 spiro atoms. The van der Waals surface area contributed by atoms with E-state index in [1.54, 1.807) is 45.0 Å². The second kappa shape index (κ2) is 6.61. The summed E-state index contributed by atoms with van der Waals surface area (Å²) in [6.45, 7) is 5.49. The minimum absolute atomic E-state index is 0.264. The predicted octanol–water partition coefficient (Wildman–Crippen LogP) is 2.06. The van der Waals surface area contributed by atoms with E-state index >= 15 is 0 Å².